The van der Waals surface area contributed by atoms with Crippen molar-refractivity contribution in [1.82, 2.24) is 9.66 Å². The molecule has 0 aliphatic heterocycles. The molecule has 8 heteroatoms. The Bertz CT molecular complexity index is 1840. The Kier molecular flexibility index (Phi) is 6.54. The van der Waals surface area contributed by atoms with Crippen molar-refractivity contribution in [3.8, 4) is 17.3 Å². The van der Waals surface area contributed by atoms with Gasteiger partial charge in [-0.1, -0.05) is 70.0 Å². The van der Waals surface area contributed by atoms with E-state index in [0.717, 1.165) is 15.4 Å². The summed E-state index contributed by atoms with van der Waals surface area (Å²) in [5.41, 5.74) is 2.62. The van der Waals surface area contributed by atoms with Crippen molar-refractivity contribution < 1.29 is 9.15 Å². The molecule has 6 aromatic rings. The number of hydrogen-bond donors (Lipinski definition) is 0. The van der Waals surface area contributed by atoms with E-state index in [1.54, 1.807) is 24.4 Å². The summed E-state index contributed by atoms with van der Waals surface area (Å²) in [7, 11) is 0. The van der Waals surface area contributed by atoms with Crippen LogP contribution >= 0.6 is 27.5 Å². The molecule has 0 saturated carbocycles. The molecule has 0 aliphatic carbocycles. The zero-order valence-corrected chi connectivity index (χ0v) is 22.2. The highest BCUT2D eigenvalue weighted by Crippen LogP contribution is 2.28. The zero-order valence-electron chi connectivity index (χ0n) is 19.8. The first kappa shape index (κ1) is 24.2. The van der Waals surface area contributed by atoms with Gasteiger partial charge in [-0.3, -0.25) is 4.79 Å². The number of nitrogens with zero attached hydrogens (tertiary/aromatic N) is 3. The lowest BCUT2D eigenvalue weighted by atomic mass is 10.2. The normalized spacial score (nSPS) is 11.5. The second-order valence-corrected chi connectivity index (χ2v) is 9.91. The van der Waals surface area contributed by atoms with Crippen molar-refractivity contribution >= 4 is 55.6 Å². The maximum absolute atomic E-state index is 13.6. The molecule has 0 unspecified atom stereocenters. The van der Waals surface area contributed by atoms with Crippen LogP contribution in [0, 0.1) is 0 Å². The number of rotatable bonds is 6. The van der Waals surface area contributed by atoms with Crippen LogP contribution in [0.4, 0.5) is 0 Å². The Balaban J connectivity index is 1.43. The van der Waals surface area contributed by atoms with Crippen LogP contribution < -0.4 is 10.3 Å². The van der Waals surface area contributed by atoms with Gasteiger partial charge in [-0.2, -0.15) is 9.78 Å². The summed E-state index contributed by atoms with van der Waals surface area (Å²) in [6.45, 7) is 0.349. The Labute approximate surface area is 230 Å². The van der Waals surface area contributed by atoms with E-state index in [0.29, 0.717) is 51.0 Å². The van der Waals surface area contributed by atoms with Gasteiger partial charge in [-0.25, -0.2) is 4.98 Å². The monoisotopic (exact) mass is 583 g/mol. The summed E-state index contributed by atoms with van der Waals surface area (Å²) in [4.78, 5) is 18.3. The van der Waals surface area contributed by atoms with E-state index in [1.807, 2.05) is 78.9 Å². The molecule has 0 N–H and O–H groups in total. The summed E-state index contributed by atoms with van der Waals surface area (Å²) < 4.78 is 14.3. The van der Waals surface area contributed by atoms with E-state index in [1.165, 1.54) is 4.68 Å². The van der Waals surface area contributed by atoms with Crippen molar-refractivity contribution in [3.63, 3.8) is 0 Å². The second-order valence-electron chi connectivity index (χ2n) is 8.56. The van der Waals surface area contributed by atoms with Crippen LogP contribution in [-0.2, 0) is 6.61 Å². The first-order valence-electron chi connectivity index (χ1n) is 11.8. The van der Waals surface area contributed by atoms with E-state index >= 15 is 0 Å². The summed E-state index contributed by atoms with van der Waals surface area (Å²) in [6, 6.07) is 29.8. The molecule has 2 heterocycles. The Morgan fingerprint density at radius 2 is 1.76 bits per heavy atom. The molecule has 38 heavy (non-hydrogen) atoms. The number of benzene rings is 4. The van der Waals surface area contributed by atoms with E-state index in [4.69, 9.17) is 25.7 Å². The smallest absolute Gasteiger partial charge is 0.282 e. The summed E-state index contributed by atoms with van der Waals surface area (Å²) >= 11 is 9.51. The van der Waals surface area contributed by atoms with Crippen molar-refractivity contribution in [1.29, 1.82) is 0 Å². The van der Waals surface area contributed by atoms with Gasteiger partial charge in [0, 0.05) is 20.4 Å². The lowest BCUT2D eigenvalue weighted by Crippen LogP contribution is -2.20. The van der Waals surface area contributed by atoms with Crippen LogP contribution in [0.3, 0.4) is 0 Å². The van der Waals surface area contributed by atoms with E-state index in [-0.39, 0.29) is 5.56 Å². The third-order valence-electron chi connectivity index (χ3n) is 5.99. The van der Waals surface area contributed by atoms with E-state index in [2.05, 4.69) is 21.0 Å². The minimum atomic E-state index is -0.305. The van der Waals surface area contributed by atoms with Gasteiger partial charge in [-0.15, -0.1) is 0 Å². The molecule has 0 bridgehead atoms. The van der Waals surface area contributed by atoms with Gasteiger partial charge in [0.25, 0.3) is 5.56 Å². The summed E-state index contributed by atoms with van der Waals surface area (Å²) in [6.07, 6.45) is 1.59. The minimum absolute atomic E-state index is 0.305. The molecule has 0 fully saturated rings. The van der Waals surface area contributed by atoms with Crippen LogP contribution in [0.1, 0.15) is 11.1 Å². The van der Waals surface area contributed by atoms with Gasteiger partial charge < -0.3 is 9.15 Å². The number of hydrogen-bond acceptors (Lipinski definition) is 5. The molecule has 6 nitrogen and oxygen atoms in total. The van der Waals surface area contributed by atoms with Crippen LogP contribution in [0.15, 0.2) is 116 Å². The van der Waals surface area contributed by atoms with Gasteiger partial charge in [0.1, 0.15) is 17.9 Å². The van der Waals surface area contributed by atoms with Crippen LogP contribution in [-0.4, -0.2) is 15.9 Å². The second kappa shape index (κ2) is 10.3. The third-order valence-corrected chi connectivity index (χ3v) is 6.74. The number of fused-ring (bicyclic) bond motifs is 2. The lowest BCUT2D eigenvalue weighted by molar-refractivity contribution is 0.305. The first-order chi connectivity index (χ1) is 18.5. The average molecular weight is 585 g/mol. The highest BCUT2D eigenvalue weighted by atomic mass is 79.9. The largest absolute Gasteiger partial charge is 0.488 e. The van der Waals surface area contributed by atoms with E-state index in [9.17, 15) is 4.79 Å². The molecule has 4 aromatic carbocycles. The molecule has 0 amide bonds. The maximum atomic E-state index is 13.6. The Morgan fingerprint density at radius 1 is 0.974 bits per heavy atom. The fourth-order valence-corrected chi connectivity index (χ4v) is 4.60. The molecular formula is C30H19BrClN3O3. The van der Waals surface area contributed by atoms with Crippen molar-refractivity contribution in [2.75, 3.05) is 0 Å². The molecule has 0 aliphatic rings. The highest BCUT2D eigenvalue weighted by molar-refractivity contribution is 9.10. The van der Waals surface area contributed by atoms with E-state index < -0.39 is 0 Å². The number of ether oxygens (including phenoxy) is 1. The zero-order chi connectivity index (χ0) is 26.1. The quantitative estimate of drug-likeness (QED) is 0.188. The molecular weight excluding hydrogens is 566 g/mol. The molecule has 0 radical (unpaired) electrons. The van der Waals surface area contributed by atoms with Gasteiger partial charge in [0.05, 0.1) is 17.1 Å². The van der Waals surface area contributed by atoms with Crippen LogP contribution in [0.2, 0.25) is 5.02 Å². The van der Waals surface area contributed by atoms with Gasteiger partial charge in [0.15, 0.2) is 5.76 Å². The summed E-state index contributed by atoms with van der Waals surface area (Å²) in [5.74, 6) is 1.36. The van der Waals surface area contributed by atoms with Crippen LogP contribution in [0.5, 0.6) is 5.75 Å². The van der Waals surface area contributed by atoms with Gasteiger partial charge in [0.2, 0.25) is 5.82 Å². The molecule has 0 saturated heterocycles. The molecule has 186 valence electrons. The fraction of sp³-hybridized carbons (Fsp3) is 0.0333. The van der Waals surface area contributed by atoms with Gasteiger partial charge >= 0.3 is 0 Å². The Hall–Kier alpha value is -4.20. The minimum Gasteiger partial charge on any atom is -0.488 e. The Morgan fingerprint density at radius 3 is 2.61 bits per heavy atom. The average Bonchev–Trinajstić information content (AvgIpc) is 3.37. The van der Waals surface area contributed by atoms with Gasteiger partial charge in [-0.05, 0) is 60.2 Å². The van der Waals surface area contributed by atoms with Crippen molar-refractivity contribution in [2.24, 2.45) is 5.10 Å². The SMILES string of the molecule is O=c1c2ccccc2nc(-c2cc3ccccc3o2)n1N=Cc1cc(Br)ccc1OCc1ccc(Cl)cc1. The lowest BCUT2D eigenvalue weighted by Gasteiger charge is -2.11. The fourth-order valence-electron chi connectivity index (χ4n) is 4.10. The number of aromatic nitrogens is 2. The topological polar surface area (TPSA) is 69.6 Å². The molecule has 0 atom stereocenters. The van der Waals surface area contributed by atoms with Crippen molar-refractivity contribution in [2.45, 2.75) is 6.61 Å². The number of halogens is 2. The molecule has 0 spiro atoms. The predicted octanol–water partition coefficient (Wildman–Crippen LogP) is 7.69. The predicted molar refractivity (Wildman–Crippen MR) is 154 cm³/mol. The molecule has 6 rings (SSSR count). The number of furan rings is 1. The highest BCUT2D eigenvalue weighted by Gasteiger charge is 2.16. The number of para-hydroxylation sites is 2. The molecule has 2 aromatic heterocycles. The first-order valence-corrected chi connectivity index (χ1v) is 12.9. The van der Waals surface area contributed by atoms with Crippen LogP contribution in [0.25, 0.3) is 33.5 Å². The van der Waals surface area contributed by atoms with Crippen molar-refractivity contribution in [3.05, 3.63) is 128 Å². The standard InChI is InChI=1S/C30H19BrClN3O3/c31-22-11-14-26(37-18-19-9-12-23(32)13-10-19)21(15-22)17-33-35-29(28-16-20-5-1-4-8-27(20)38-28)34-25-7-3-2-6-24(25)30(35)36/h1-17H,18H2. The third kappa shape index (κ3) is 4.86. The maximum Gasteiger partial charge on any atom is 0.282 e. The summed E-state index contributed by atoms with van der Waals surface area (Å²) in [5, 5.41) is 6.61.